The second-order valence-electron chi connectivity index (χ2n) is 6.50. The summed E-state index contributed by atoms with van der Waals surface area (Å²) < 4.78 is 0. The number of carbonyl (C=O) groups is 1. The van der Waals surface area contributed by atoms with E-state index in [1.165, 1.54) is 11.1 Å². The third-order valence-corrected chi connectivity index (χ3v) is 4.90. The molecule has 0 saturated heterocycles. The van der Waals surface area contributed by atoms with E-state index in [9.17, 15) is 20.1 Å². The molecular formula is C20H23NO5. The van der Waals surface area contributed by atoms with Crippen LogP contribution in [0.25, 0.3) is 0 Å². The van der Waals surface area contributed by atoms with Crippen molar-refractivity contribution < 1.29 is 25.0 Å². The van der Waals surface area contributed by atoms with Crippen LogP contribution < -0.4 is 0 Å². The van der Waals surface area contributed by atoms with Crippen LogP contribution in [0.4, 0.5) is 0 Å². The monoisotopic (exact) mass is 357 g/mol. The van der Waals surface area contributed by atoms with E-state index in [1.807, 2.05) is 6.07 Å². The molecule has 0 atom stereocenters. The molecule has 1 aliphatic rings. The fourth-order valence-corrected chi connectivity index (χ4v) is 3.60. The molecule has 2 aromatic rings. The van der Waals surface area contributed by atoms with Gasteiger partial charge in [0.2, 0.25) is 0 Å². The summed E-state index contributed by atoms with van der Waals surface area (Å²) in [5.41, 5.74) is 1.32. The van der Waals surface area contributed by atoms with E-state index < -0.39 is 6.79 Å². The molecule has 0 spiro atoms. The molecule has 3 N–H and O–H groups in total. The Morgan fingerprint density at radius 1 is 1.04 bits per heavy atom. The minimum atomic E-state index is -0.558. The molecule has 1 saturated carbocycles. The van der Waals surface area contributed by atoms with Crippen LogP contribution in [-0.4, -0.2) is 39.1 Å². The second kappa shape index (κ2) is 8.21. The molecule has 0 bridgehead atoms. The first-order chi connectivity index (χ1) is 12.6. The van der Waals surface area contributed by atoms with Gasteiger partial charge in [-0.1, -0.05) is 24.3 Å². The number of rotatable bonds is 5. The number of aliphatic hydroxyl groups is 1. The van der Waals surface area contributed by atoms with Gasteiger partial charge in [-0.15, -0.1) is 0 Å². The highest BCUT2D eigenvalue weighted by atomic mass is 16.7. The first-order valence-electron chi connectivity index (χ1n) is 8.74. The van der Waals surface area contributed by atoms with Gasteiger partial charge < -0.3 is 15.3 Å². The zero-order valence-corrected chi connectivity index (χ0v) is 14.4. The lowest BCUT2D eigenvalue weighted by Crippen LogP contribution is -2.42. The van der Waals surface area contributed by atoms with E-state index in [0.717, 1.165) is 18.4 Å². The molecule has 2 aromatic carbocycles. The molecule has 0 unspecified atom stereocenters. The van der Waals surface area contributed by atoms with E-state index >= 15 is 0 Å². The summed E-state index contributed by atoms with van der Waals surface area (Å²) >= 11 is 0. The predicted molar refractivity (Wildman–Crippen MR) is 95.6 cm³/mol. The minimum Gasteiger partial charge on any atom is -0.508 e. The highest BCUT2D eigenvalue weighted by Crippen LogP contribution is 2.39. The van der Waals surface area contributed by atoms with Gasteiger partial charge >= 0.3 is 0 Å². The van der Waals surface area contributed by atoms with Crippen LogP contribution in [0, 0.1) is 0 Å². The number of aromatic hydroxyl groups is 2. The largest absolute Gasteiger partial charge is 0.508 e. The molecular weight excluding hydrogens is 334 g/mol. The molecule has 0 aliphatic heterocycles. The van der Waals surface area contributed by atoms with Crippen LogP contribution in [0.5, 0.6) is 11.5 Å². The van der Waals surface area contributed by atoms with Gasteiger partial charge in [0.1, 0.15) is 11.5 Å². The Labute approximate surface area is 152 Å². The topological polar surface area (TPSA) is 90.2 Å². The molecule has 26 heavy (non-hydrogen) atoms. The lowest BCUT2D eigenvalue weighted by molar-refractivity contribution is -0.202. The number of phenolic OH excluding ortho intramolecular Hbond substituents is 2. The van der Waals surface area contributed by atoms with Crippen molar-refractivity contribution in [2.45, 2.75) is 37.6 Å². The average molecular weight is 357 g/mol. The SMILES string of the molecule is O=C(c1ccccc1)N(OCO)[C@H]1CC[C@@H](c2ccc(O)cc2O)CC1. The zero-order chi connectivity index (χ0) is 18.5. The first-order valence-corrected chi connectivity index (χ1v) is 8.74. The van der Waals surface area contributed by atoms with Crippen molar-refractivity contribution in [1.82, 2.24) is 5.06 Å². The molecule has 6 heteroatoms. The van der Waals surface area contributed by atoms with Gasteiger partial charge in [-0.2, -0.15) is 0 Å². The van der Waals surface area contributed by atoms with Gasteiger partial charge in [-0.3, -0.25) is 4.79 Å². The zero-order valence-electron chi connectivity index (χ0n) is 14.4. The van der Waals surface area contributed by atoms with Crippen molar-refractivity contribution in [3.05, 3.63) is 59.7 Å². The normalized spacial score (nSPS) is 19.9. The molecule has 1 aliphatic carbocycles. The van der Waals surface area contributed by atoms with Crippen LogP contribution in [0.15, 0.2) is 48.5 Å². The summed E-state index contributed by atoms with van der Waals surface area (Å²) in [6.07, 6.45) is 2.94. The van der Waals surface area contributed by atoms with Crippen LogP contribution in [-0.2, 0) is 4.84 Å². The Hall–Kier alpha value is -2.57. The summed E-state index contributed by atoms with van der Waals surface area (Å²) in [4.78, 5) is 17.9. The van der Waals surface area contributed by atoms with Gasteiger partial charge in [0, 0.05) is 11.6 Å². The number of hydrogen-bond donors (Lipinski definition) is 3. The fourth-order valence-electron chi connectivity index (χ4n) is 3.60. The Kier molecular flexibility index (Phi) is 5.75. The Balaban J connectivity index is 1.69. The first kappa shape index (κ1) is 18.2. The summed E-state index contributed by atoms with van der Waals surface area (Å²) in [7, 11) is 0. The highest BCUT2D eigenvalue weighted by Gasteiger charge is 2.31. The van der Waals surface area contributed by atoms with E-state index in [2.05, 4.69) is 0 Å². The molecule has 0 radical (unpaired) electrons. The van der Waals surface area contributed by atoms with Gasteiger partial charge in [-0.25, -0.2) is 9.90 Å². The number of carbonyl (C=O) groups excluding carboxylic acids is 1. The molecule has 3 rings (SSSR count). The number of hydrogen-bond acceptors (Lipinski definition) is 5. The average Bonchev–Trinajstić information content (AvgIpc) is 2.67. The maximum absolute atomic E-state index is 12.7. The number of aliphatic hydroxyl groups excluding tert-OH is 1. The third kappa shape index (κ3) is 3.98. The molecule has 6 nitrogen and oxygen atoms in total. The number of hydroxylamine groups is 2. The van der Waals surface area contributed by atoms with Crippen molar-refractivity contribution in [2.24, 2.45) is 0 Å². The molecule has 0 aromatic heterocycles. The third-order valence-electron chi connectivity index (χ3n) is 4.90. The van der Waals surface area contributed by atoms with Crippen LogP contribution >= 0.6 is 0 Å². The van der Waals surface area contributed by atoms with Gasteiger partial charge in [0.25, 0.3) is 5.91 Å². The molecule has 1 amide bonds. The van der Waals surface area contributed by atoms with Crippen molar-refractivity contribution in [3.63, 3.8) is 0 Å². The number of benzene rings is 2. The Morgan fingerprint density at radius 3 is 2.35 bits per heavy atom. The standard InChI is InChI=1S/C20H23NO5/c22-13-26-21(20(25)15-4-2-1-3-5-15)16-8-6-14(7-9-16)18-11-10-17(23)12-19(18)24/h1-5,10-12,14,16,22-24H,6-9,13H2/t14-,16+. The smallest absolute Gasteiger partial charge is 0.277 e. The molecule has 0 heterocycles. The maximum Gasteiger partial charge on any atom is 0.277 e. The summed E-state index contributed by atoms with van der Waals surface area (Å²) in [5, 5.41) is 30.0. The van der Waals surface area contributed by atoms with E-state index in [1.54, 1.807) is 36.4 Å². The van der Waals surface area contributed by atoms with Crippen molar-refractivity contribution in [2.75, 3.05) is 6.79 Å². The highest BCUT2D eigenvalue weighted by molar-refractivity contribution is 5.93. The Morgan fingerprint density at radius 2 is 1.73 bits per heavy atom. The summed E-state index contributed by atoms with van der Waals surface area (Å²) in [6.45, 7) is -0.558. The van der Waals surface area contributed by atoms with Crippen molar-refractivity contribution in [3.8, 4) is 11.5 Å². The van der Waals surface area contributed by atoms with Crippen LogP contribution in [0.3, 0.4) is 0 Å². The van der Waals surface area contributed by atoms with E-state index in [-0.39, 0.29) is 29.4 Å². The lowest BCUT2D eigenvalue weighted by Gasteiger charge is -2.35. The summed E-state index contributed by atoms with van der Waals surface area (Å²) in [6, 6.07) is 13.4. The van der Waals surface area contributed by atoms with Crippen LogP contribution in [0.2, 0.25) is 0 Å². The second-order valence-corrected chi connectivity index (χ2v) is 6.50. The maximum atomic E-state index is 12.7. The summed E-state index contributed by atoms with van der Waals surface area (Å²) in [5.74, 6) is 0.0263. The van der Waals surface area contributed by atoms with Gasteiger partial charge in [-0.05, 0) is 55.4 Å². The molecule has 138 valence electrons. The van der Waals surface area contributed by atoms with Crippen molar-refractivity contribution >= 4 is 5.91 Å². The van der Waals surface area contributed by atoms with Gasteiger partial charge in [0.05, 0.1) is 6.04 Å². The van der Waals surface area contributed by atoms with Crippen LogP contribution in [0.1, 0.15) is 47.5 Å². The Bertz CT molecular complexity index is 741. The van der Waals surface area contributed by atoms with E-state index in [0.29, 0.717) is 18.4 Å². The quantitative estimate of drug-likeness (QED) is 0.565. The van der Waals surface area contributed by atoms with Crippen molar-refractivity contribution in [1.29, 1.82) is 0 Å². The number of nitrogens with zero attached hydrogens (tertiary/aromatic N) is 1. The number of phenols is 2. The number of amides is 1. The minimum absolute atomic E-state index is 0.0379. The van der Waals surface area contributed by atoms with E-state index in [4.69, 9.17) is 4.84 Å². The predicted octanol–water partition coefficient (Wildman–Crippen LogP) is 3.15. The molecule has 1 fully saturated rings. The van der Waals surface area contributed by atoms with Gasteiger partial charge in [0.15, 0.2) is 6.79 Å². The lowest BCUT2D eigenvalue weighted by atomic mass is 9.81. The fraction of sp³-hybridized carbons (Fsp3) is 0.350.